The molecule has 8 aromatic rings. The highest BCUT2D eigenvalue weighted by Crippen LogP contribution is 2.43. The molecule has 0 unspecified atom stereocenters. The van der Waals surface area contributed by atoms with Gasteiger partial charge in [-0.25, -0.2) is 0 Å². The van der Waals surface area contributed by atoms with Gasteiger partial charge in [0.1, 0.15) is 0 Å². The normalized spacial score (nSPS) is 11.6. The number of rotatable bonds is 5. The van der Waals surface area contributed by atoms with Crippen molar-refractivity contribution in [1.29, 1.82) is 0 Å². The summed E-state index contributed by atoms with van der Waals surface area (Å²) in [6.45, 7) is 22.3. The van der Waals surface area contributed by atoms with E-state index < -0.39 is 0 Å². The summed E-state index contributed by atoms with van der Waals surface area (Å²) in [4.78, 5) is 0. The second-order valence-corrected chi connectivity index (χ2v) is 15.2. The maximum atomic E-state index is 3.86. The molecule has 0 amide bonds. The standard InChI is InChI=1S/C42H28.C9H14.C5H10.C2H6/c1-26-9-11-27(12-10-26)36-19-15-28-18-22-39-37(20-16-29-17-21-38(36)41(28)42(29)39)33-7-4-6-30(23-33)31-13-14-34-24-32-5-2-3-8-35(32)40(34)25-31;1-5-7-9(4)8(3)6-2;1-4-5(2)3;1-2/h2-23,25H,24H2,1H3;5-7H,4H2,1-3H3;4H,1-3H3;1-2H3/b;7-5-,8-6+;;. The second kappa shape index (κ2) is 18.8. The number of allylic oxidation sites excluding steroid dienone is 7. The number of fused-ring (bicyclic) bond motifs is 3. The highest BCUT2D eigenvalue weighted by Gasteiger charge is 2.19. The summed E-state index contributed by atoms with van der Waals surface area (Å²) < 4.78 is 0. The summed E-state index contributed by atoms with van der Waals surface area (Å²) in [5.74, 6) is 0. The number of hydrogen-bond acceptors (Lipinski definition) is 0. The van der Waals surface area contributed by atoms with Crippen LogP contribution in [-0.4, -0.2) is 0 Å². The Labute approximate surface area is 348 Å². The molecular weight excluding hydrogens is 697 g/mol. The highest BCUT2D eigenvalue weighted by molar-refractivity contribution is 6.27. The lowest BCUT2D eigenvalue weighted by atomic mass is 9.87. The first-order valence-electron chi connectivity index (χ1n) is 20.8. The van der Waals surface area contributed by atoms with Gasteiger partial charge in [-0.1, -0.05) is 183 Å². The van der Waals surface area contributed by atoms with Crippen LogP contribution in [-0.2, 0) is 6.42 Å². The zero-order valence-electron chi connectivity index (χ0n) is 36.0. The topological polar surface area (TPSA) is 0 Å². The Balaban J connectivity index is 0.000000304. The van der Waals surface area contributed by atoms with Crippen LogP contribution in [0.25, 0.3) is 76.8 Å². The lowest BCUT2D eigenvalue weighted by Crippen LogP contribution is -1.90. The molecule has 9 rings (SSSR count). The van der Waals surface area contributed by atoms with Crippen LogP contribution in [0.3, 0.4) is 0 Å². The minimum atomic E-state index is 1.03. The monoisotopic (exact) mass is 754 g/mol. The van der Waals surface area contributed by atoms with Crippen molar-refractivity contribution in [2.75, 3.05) is 0 Å². The van der Waals surface area contributed by atoms with Crippen molar-refractivity contribution in [3.05, 3.63) is 204 Å². The van der Waals surface area contributed by atoms with E-state index in [9.17, 15) is 0 Å². The number of hydrogen-bond donors (Lipinski definition) is 0. The Morgan fingerprint density at radius 3 is 1.64 bits per heavy atom. The zero-order chi connectivity index (χ0) is 41.3. The van der Waals surface area contributed by atoms with E-state index in [1.54, 1.807) is 0 Å². The van der Waals surface area contributed by atoms with E-state index in [1.807, 2.05) is 46.8 Å². The van der Waals surface area contributed by atoms with Gasteiger partial charge in [0, 0.05) is 0 Å². The van der Waals surface area contributed by atoms with E-state index >= 15 is 0 Å². The third-order valence-corrected chi connectivity index (χ3v) is 11.2. The van der Waals surface area contributed by atoms with E-state index in [1.165, 1.54) is 105 Å². The first-order valence-corrected chi connectivity index (χ1v) is 20.8. The maximum Gasteiger partial charge on any atom is -0.00134 e. The molecule has 0 heteroatoms. The molecule has 290 valence electrons. The van der Waals surface area contributed by atoms with Gasteiger partial charge in [0.05, 0.1) is 0 Å². The van der Waals surface area contributed by atoms with E-state index in [4.69, 9.17) is 0 Å². The van der Waals surface area contributed by atoms with E-state index in [0.29, 0.717) is 0 Å². The summed E-state index contributed by atoms with van der Waals surface area (Å²) in [5.41, 5.74) is 18.2. The number of aryl methyl sites for hydroxylation is 1. The minimum Gasteiger partial charge on any atom is -0.0915 e. The molecule has 58 heavy (non-hydrogen) atoms. The fourth-order valence-corrected chi connectivity index (χ4v) is 7.73. The van der Waals surface area contributed by atoms with Gasteiger partial charge in [-0.05, 0) is 166 Å². The quantitative estimate of drug-likeness (QED) is 0.0932. The van der Waals surface area contributed by atoms with Crippen LogP contribution in [0.15, 0.2) is 187 Å². The van der Waals surface area contributed by atoms with Crippen LogP contribution >= 0.6 is 0 Å². The Bertz CT molecular complexity index is 2780. The van der Waals surface area contributed by atoms with Gasteiger partial charge in [0.25, 0.3) is 0 Å². The Hall–Kier alpha value is -6.24. The molecule has 1 aliphatic rings. The summed E-state index contributed by atoms with van der Waals surface area (Å²) in [5, 5.41) is 7.93. The van der Waals surface area contributed by atoms with Crippen LogP contribution in [0.2, 0.25) is 0 Å². The van der Waals surface area contributed by atoms with Crippen molar-refractivity contribution < 1.29 is 0 Å². The first-order chi connectivity index (χ1) is 28.2. The smallest absolute Gasteiger partial charge is 0.00134 e. The Morgan fingerprint density at radius 1 is 0.500 bits per heavy atom. The van der Waals surface area contributed by atoms with Crippen LogP contribution in [0, 0.1) is 6.92 Å². The van der Waals surface area contributed by atoms with Crippen molar-refractivity contribution in [3.8, 4) is 44.5 Å². The predicted octanol–water partition coefficient (Wildman–Crippen LogP) is 17.5. The molecule has 0 nitrogen and oxygen atoms in total. The highest BCUT2D eigenvalue weighted by atomic mass is 14.2. The molecule has 0 spiro atoms. The molecule has 0 atom stereocenters. The average Bonchev–Trinajstić information content (AvgIpc) is 3.65. The van der Waals surface area contributed by atoms with Crippen molar-refractivity contribution in [3.63, 3.8) is 0 Å². The molecule has 0 bridgehead atoms. The van der Waals surface area contributed by atoms with Crippen molar-refractivity contribution in [2.24, 2.45) is 0 Å². The summed E-state index contributed by atoms with van der Waals surface area (Å²) in [6.07, 6.45) is 9.17. The molecular formula is C58H58. The van der Waals surface area contributed by atoms with Crippen LogP contribution in [0.4, 0.5) is 0 Å². The molecule has 1 aliphatic carbocycles. The van der Waals surface area contributed by atoms with Gasteiger partial charge in [0.15, 0.2) is 0 Å². The summed E-state index contributed by atoms with van der Waals surface area (Å²) in [7, 11) is 0. The molecule has 0 fully saturated rings. The zero-order valence-corrected chi connectivity index (χ0v) is 36.0. The van der Waals surface area contributed by atoms with E-state index in [-0.39, 0.29) is 0 Å². The largest absolute Gasteiger partial charge is 0.0915 e. The maximum absolute atomic E-state index is 3.86. The van der Waals surface area contributed by atoms with Gasteiger partial charge < -0.3 is 0 Å². The van der Waals surface area contributed by atoms with Crippen LogP contribution in [0.5, 0.6) is 0 Å². The van der Waals surface area contributed by atoms with Gasteiger partial charge in [-0.15, -0.1) is 0 Å². The predicted molar refractivity (Wildman–Crippen MR) is 259 cm³/mol. The molecule has 0 aliphatic heterocycles. The molecule has 0 heterocycles. The molecule has 8 aromatic carbocycles. The molecule has 0 aromatic heterocycles. The SMILES string of the molecule is C=C(/C=C\C)/C(C)=C/C.CC.CC=C(C)C.Cc1ccc(-c2ccc3ccc4c(-c5cccc(-c6ccc7c(c6)-c6ccccc6C7)c5)ccc5ccc2c3c54)cc1. The van der Waals surface area contributed by atoms with Gasteiger partial charge >= 0.3 is 0 Å². The van der Waals surface area contributed by atoms with Gasteiger partial charge in [-0.2, -0.15) is 0 Å². The molecule has 0 saturated carbocycles. The average molecular weight is 755 g/mol. The lowest BCUT2D eigenvalue weighted by molar-refractivity contribution is 1.26. The second-order valence-electron chi connectivity index (χ2n) is 15.2. The van der Waals surface area contributed by atoms with Gasteiger partial charge in [-0.3, -0.25) is 0 Å². The van der Waals surface area contributed by atoms with Gasteiger partial charge in [0.2, 0.25) is 0 Å². The number of benzene rings is 8. The van der Waals surface area contributed by atoms with E-state index in [2.05, 4.69) is 186 Å². The fraction of sp³-hybridized carbons (Fsp3) is 0.172. The molecule has 0 radical (unpaired) electrons. The van der Waals surface area contributed by atoms with Crippen molar-refractivity contribution in [1.82, 2.24) is 0 Å². The summed E-state index contributed by atoms with van der Waals surface area (Å²) >= 11 is 0. The Morgan fingerprint density at radius 2 is 1.03 bits per heavy atom. The Kier molecular flexibility index (Phi) is 13.4. The third kappa shape index (κ3) is 8.68. The third-order valence-electron chi connectivity index (χ3n) is 11.2. The van der Waals surface area contributed by atoms with Crippen molar-refractivity contribution in [2.45, 2.75) is 68.7 Å². The van der Waals surface area contributed by atoms with Crippen molar-refractivity contribution >= 4 is 32.3 Å². The fourth-order valence-electron chi connectivity index (χ4n) is 7.73. The first kappa shape index (κ1) is 41.4. The molecule has 0 saturated heterocycles. The van der Waals surface area contributed by atoms with Crippen LogP contribution in [0.1, 0.15) is 72.1 Å². The lowest BCUT2D eigenvalue weighted by Gasteiger charge is -2.17. The van der Waals surface area contributed by atoms with Crippen LogP contribution < -0.4 is 0 Å². The minimum absolute atomic E-state index is 1.03. The molecule has 0 N–H and O–H groups in total. The summed E-state index contributed by atoms with van der Waals surface area (Å²) in [6, 6.07) is 52.2. The van der Waals surface area contributed by atoms with E-state index in [0.717, 1.165) is 12.0 Å².